The molecule has 4 aromatic rings. The number of benzene rings is 4. The van der Waals surface area contributed by atoms with Crippen LogP contribution in [0.1, 0.15) is 114 Å². The van der Waals surface area contributed by atoms with Crippen LogP contribution in [-0.2, 0) is 26.3 Å². The topological polar surface area (TPSA) is 133 Å². The molecular formula is C43H53NaO8S2. The Labute approximate surface area is 348 Å². The number of unbranched alkanes of at least 4 members (excludes halogenated alkanes) is 7. The van der Waals surface area contributed by atoms with Gasteiger partial charge < -0.3 is 24.2 Å². The van der Waals surface area contributed by atoms with Crippen molar-refractivity contribution in [3.05, 3.63) is 102 Å². The van der Waals surface area contributed by atoms with Crippen molar-refractivity contribution in [1.82, 2.24) is 0 Å². The molecule has 286 valence electrons. The summed E-state index contributed by atoms with van der Waals surface area (Å²) in [7, 11) is -4.86. The van der Waals surface area contributed by atoms with Crippen LogP contribution < -0.4 is 34.3 Å². The minimum atomic E-state index is -4.86. The van der Waals surface area contributed by atoms with Crippen LogP contribution in [-0.4, -0.2) is 42.2 Å². The fourth-order valence-electron chi connectivity index (χ4n) is 6.04. The van der Waals surface area contributed by atoms with Crippen LogP contribution in [0.15, 0.2) is 99.6 Å². The van der Waals surface area contributed by atoms with Gasteiger partial charge in [-0.2, -0.15) is 0 Å². The molecule has 0 heterocycles. The zero-order chi connectivity index (χ0) is 38.1. The van der Waals surface area contributed by atoms with Gasteiger partial charge in [0.15, 0.2) is 0 Å². The minimum absolute atomic E-state index is 0. The Kier molecular flexibility index (Phi) is 20.4. The van der Waals surface area contributed by atoms with E-state index in [0.29, 0.717) is 60.9 Å². The smallest absolute Gasteiger partial charge is 0.744 e. The standard InChI is InChI=1S/C43H54O8S2.Na/c1-3-5-7-10-15-34(44)16-11-8-9-14-27-50-31-32-19-25-40(45)39(29-32)43(46)38-18-13-12-17-37(38)33-20-26-41(42(30-33)53(47,48)49)52-36-23-21-35(22-24-36)51-28-6-4-2;/h12-13,17-26,29-30,43,45-46H,3-11,14-16,27-28,31H2,1-2H3,(H,47,48,49);/q;+1/p-1. The molecule has 0 fully saturated rings. The third kappa shape index (κ3) is 14.8. The molecule has 0 radical (unpaired) electrons. The predicted molar refractivity (Wildman–Crippen MR) is 209 cm³/mol. The number of ketones is 1. The molecule has 0 spiro atoms. The monoisotopic (exact) mass is 784 g/mol. The van der Waals surface area contributed by atoms with E-state index in [1.807, 2.05) is 24.3 Å². The van der Waals surface area contributed by atoms with E-state index in [2.05, 4.69) is 13.8 Å². The van der Waals surface area contributed by atoms with E-state index < -0.39 is 16.2 Å². The molecule has 1 unspecified atom stereocenters. The summed E-state index contributed by atoms with van der Waals surface area (Å²) in [4.78, 5) is 12.7. The Bertz CT molecular complexity index is 1850. The van der Waals surface area contributed by atoms with Crippen LogP contribution >= 0.6 is 11.8 Å². The van der Waals surface area contributed by atoms with Crippen molar-refractivity contribution < 1.29 is 67.0 Å². The molecule has 0 aliphatic carbocycles. The first-order valence-corrected chi connectivity index (χ1v) is 21.0. The normalized spacial score (nSPS) is 11.9. The molecule has 2 N–H and O–H groups in total. The van der Waals surface area contributed by atoms with E-state index in [9.17, 15) is 28.0 Å². The molecule has 0 amide bonds. The number of ether oxygens (including phenoxy) is 2. The van der Waals surface area contributed by atoms with E-state index in [0.717, 1.165) is 61.8 Å². The number of carbonyl (C=O) groups excluding carboxylic acids is 1. The van der Waals surface area contributed by atoms with Crippen molar-refractivity contribution >= 4 is 27.7 Å². The summed E-state index contributed by atoms with van der Waals surface area (Å²) in [5, 5.41) is 22.4. The molecule has 0 aromatic heterocycles. The second-order valence-corrected chi connectivity index (χ2v) is 15.8. The molecular weight excluding hydrogens is 732 g/mol. The summed E-state index contributed by atoms with van der Waals surface area (Å²) in [5.41, 5.74) is 2.46. The van der Waals surface area contributed by atoms with E-state index in [-0.39, 0.29) is 50.7 Å². The second-order valence-electron chi connectivity index (χ2n) is 13.3. The average Bonchev–Trinajstić information content (AvgIpc) is 3.15. The van der Waals surface area contributed by atoms with Gasteiger partial charge in [-0.3, -0.25) is 4.79 Å². The molecule has 0 bridgehead atoms. The summed E-state index contributed by atoms with van der Waals surface area (Å²) < 4.78 is 49.1. The first-order chi connectivity index (χ1) is 25.6. The number of phenols is 1. The van der Waals surface area contributed by atoms with E-state index in [1.165, 1.54) is 36.7 Å². The van der Waals surface area contributed by atoms with Crippen molar-refractivity contribution in [2.45, 2.75) is 118 Å². The quantitative estimate of drug-likeness (QED) is 0.0424. The molecule has 0 saturated heterocycles. The van der Waals surface area contributed by atoms with Gasteiger partial charge in [0, 0.05) is 34.8 Å². The number of aliphatic hydroxyl groups excluding tert-OH is 1. The fourth-order valence-corrected chi connectivity index (χ4v) is 7.88. The number of Topliss-reactive ketones (excluding diaryl/α,β-unsaturated/α-hetero) is 1. The van der Waals surface area contributed by atoms with Gasteiger partial charge >= 0.3 is 29.6 Å². The van der Waals surface area contributed by atoms with Crippen LogP contribution in [0, 0.1) is 0 Å². The fraction of sp³-hybridized carbons (Fsp3) is 0.419. The number of phenolic OH excluding ortho intramolecular Hbond substituents is 1. The van der Waals surface area contributed by atoms with Gasteiger partial charge in [-0.1, -0.05) is 101 Å². The Morgan fingerprint density at radius 3 is 2.17 bits per heavy atom. The van der Waals surface area contributed by atoms with Crippen LogP contribution in [0.2, 0.25) is 0 Å². The SMILES string of the molecule is CCCCCCC(=O)CCCCCCOCc1ccc(O)c(C(O)c2ccccc2-c2ccc(Sc3ccc(OCCCC)cc3)c(S(=O)(=O)[O-])c2)c1.[Na+]. The summed E-state index contributed by atoms with van der Waals surface area (Å²) in [6.07, 6.45) is 10.3. The van der Waals surface area contributed by atoms with Crippen LogP contribution in [0.25, 0.3) is 11.1 Å². The molecule has 54 heavy (non-hydrogen) atoms. The van der Waals surface area contributed by atoms with Crippen molar-refractivity contribution in [2.24, 2.45) is 0 Å². The summed E-state index contributed by atoms with van der Waals surface area (Å²) in [5.74, 6) is 0.991. The first-order valence-electron chi connectivity index (χ1n) is 18.8. The van der Waals surface area contributed by atoms with E-state index in [1.54, 1.807) is 48.5 Å². The Hall–Kier alpha value is -2.67. The summed E-state index contributed by atoms with van der Waals surface area (Å²) in [6.45, 7) is 5.73. The van der Waals surface area contributed by atoms with E-state index >= 15 is 0 Å². The van der Waals surface area contributed by atoms with Crippen LogP contribution in [0.5, 0.6) is 11.5 Å². The molecule has 1 atom stereocenters. The van der Waals surface area contributed by atoms with Crippen LogP contribution in [0.3, 0.4) is 0 Å². The van der Waals surface area contributed by atoms with Gasteiger partial charge in [0.2, 0.25) is 0 Å². The molecule has 4 aromatic carbocycles. The van der Waals surface area contributed by atoms with Crippen molar-refractivity contribution in [2.75, 3.05) is 13.2 Å². The van der Waals surface area contributed by atoms with E-state index in [4.69, 9.17) is 9.47 Å². The van der Waals surface area contributed by atoms with Crippen molar-refractivity contribution in [3.63, 3.8) is 0 Å². The van der Waals surface area contributed by atoms with Gasteiger partial charge in [-0.25, -0.2) is 8.42 Å². The maximum atomic E-state index is 12.5. The molecule has 11 heteroatoms. The number of aliphatic hydroxyl groups is 1. The Morgan fingerprint density at radius 1 is 0.778 bits per heavy atom. The minimum Gasteiger partial charge on any atom is -0.744 e. The number of aromatic hydroxyl groups is 1. The second kappa shape index (κ2) is 24.1. The third-order valence-corrected chi connectivity index (χ3v) is 11.1. The molecule has 0 aliphatic rings. The zero-order valence-electron chi connectivity index (χ0n) is 31.9. The first kappa shape index (κ1) is 45.7. The Morgan fingerprint density at radius 2 is 1.46 bits per heavy atom. The maximum absolute atomic E-state index is 12.5. The van der Waals surface area contributed by atoms with Crippen LogP contribution in [0.4, 0.5) is 0 Å². The van der Waals surface area contributed by atoms with Gasteiger partial charge in [-0.15, -0.1) is 0 Å². The maximum Gasteiger partial charge on any atom is 1.00 e. The third-order valence-electron chi connectivity index (χ3n) is 9.06. The average molecular weight is 785 g/mol. The summed E-state index contributed by atoms with van der Waals surface area (Å²) >= 11 is 1.17. The van der Waals surface area contributed by atoms with Gasteiger partial charge in [0.05, 0.1) is 18.1 Å². The molecule has 8 nitrogen and oxygen atoms in total. The summed E-state index contributed by atoms with van der Waals surface area (Å²) in [6, 6.07) is 23.9. The van der Waals surface area contributed by atoms with Gasteiger partial charge in [-0.05, 0) is 96.5 Å². The molecule has 0 aliphatic heterocycles. The zero-order valence-corrected chi connectivity index (χ0v) is 35.6. The van der Waals surface area contributed by atoms with Gasteiger partial charge in [0.1, 0.15) is 33.5 Å². The number of hydrogen-bond donors (Lipinski definition) is 2. The Balaban J connectivity index is 0.00000784. The molecule has 4 rings (SSSR count). The number of carbonyl (C=O) groups is 1. The predicted octanol–water partition coefficient (Wildman–Crippen LogP) is 7.39. The largest absolute Gasteiger partial charge is 1.00 e. The van der Waals surface area contributed by atoms with Crippen molar-refractivity contribution in [3.8, 4) is 22.6 Å². The van der Waals surface area contributed by atoms with Crippen molar-refractivity contribution in [1.29, 1.82) is 0 Å². The number of rotatable bonds is 24. The van der Waals surface area contributed by atoms with Gasteiger partial charge in [0.25, 0.3) is 0 Å². The number of hydrogen-bond acceptors (Lipinski definition) is 9. The molecule has 0 saturated carbocycles.